The van der Waals surface area contributed by atoms with Crippen LogP contribution in [-0.2, 0) is 0 Å². The Bertz CT molecular complexity index is 131. The van der Waals surface area contributed by atoms with Crippen molar-refractivity contribution in [2.75, 3.05) is 0 Å². The molecule has 3 atom stereocenters. The molecule has 0 saturated carbocycles. The Hall–Kier alpha value is 0.550. The SMILES string of the molecule is CCCC[C@@H]([C@H](C)I)[C@H](O)C(F)F. The molecular formula is C9H17F2IO. The largest absolute Gasteiger partial charge is 0.387 e. The van der Waals surface area contributed by atoms with Crippen molar-refractivity contribution in [1.82, 2.24) is 0 Å². The Balaban J connectivity index is 4.07. The van der Waals surface area contributed by atoms with Crippen molar-refractivity contribution >= 4 is 22.6 Å². The van der Waals surface area contributed by atoms with E-state index in [2.05, 4.69) is 22.6 Å². The third-order valence-corrected chi connectivity index (χ3v) is 3.10. The van der Waals surface area contributed by atoms with Crippen LogP contribution < -0.4 is 0 Å². The highest BCUT2D eigenvalue weighted by atomic mass is 127. The monoisotopic (exact) mass is 306 g/mol. The van der Waals surface area contributed by atoms with Gasteiger partial charge in [0.05, 0.1) is 0 Å². The molecule has 1 nitrogen and oxygen atoms in total. The number of aliphatic hydroxyl groups is 1. The fraction of sp³-hybridized carbons (Fsp3) is 1.00. The van der Waals surface area contributed by atoms with E-state index in [-0.39, 0.29) is 9.84 Å². The van der Waals surface area contributed by atoms with Crippen molar-refractivity contribution in [3.8, 4) is 0 Å². The average Bonchev–Trinajstić information content (AvgIpc) is 2.04. The lowest BCUT2D eigenvalue weighted by Crippen LogP contribution is -2.32. The van der Waals surface area contributed by atoms with E-state index < -0.39 is 12.5 Å². The Morgan fingerprint density at radius 1 is 1.38 bits per heavy atom. The second-order valence-electron chi connectivity index (χ2n) is 3.31. The van der Waals surface area contributed by atoms with E-state index in [1.807, 2.05) is 13.8 Å². The second kappa shape index (κ2) is 6.92. The summed E-state index contributed by atoms with van der Waals surface area (Å²) >= 11 is 2.10. The summed E-state index contributed by atoms with van der Waals surface area (Å²) < 4.78 is 24.5. The predicted molar refractivity (Wildman–Crippen MR) is 58.5 cm³/mol. The number of unbranched alkanes of at least 4 members (excludes halogenated alkanes) is 1. The van der Waals surface area contributed by atoms with Gasteiger partial charge in [-0.1, -0.05) is 49.3 Å². The lowest BCUT2D eigenvalue weighted by Gasteiger charge is -2.24. The summed E-state index contributed by atoms with van der Waals surface area (Å²) in [5, 5.41) is 9.23. The molecule has 0 aromatic heterocycles. The van der Waals surface area contributed by atoms with Crippen molar-refractivity contribution < 1.29 is 13.9 Å². The fourth-order valence-corrected chi connectivity index (χ4v) is 2.08. The highest BCUT2D eigenvalue weighted by molar-refractivity contribution is 14.1. The maximum atomic E-state index is 12.2. The number of halogens is 3. The molecule has 4 heteroatoms. The number of hydrogen-bond acceptors (Lipinski definition) is 1. The molecule has 0 radical (unpaired) electrons. The molecule has 0 aromatic rings. The van der Waals surface area contributed by atoms with Gasteiger partial charge in [0.15, 0.2) is 0 Å². The standard InChI is InChI=1S/C9H17F2IO/c1-3-4-5-7(6(2)12)8(13)9(10)11/h6-9,13H,3-5H2,1-2H3/t6-,7-,8-/m0/s1. The smallest absolute Gasteiger partial charge is 0.264 e. The van der Waals surface area contributed by atoms with Crippen LogP contribution in [0.25, 0.3) is 0 Å². The number of alkyl halides is 3. The molecule has 0 amide bonds. The topological polar surface area (TPSA) is 20.2 Å². The van der Waals surface area contributed by atoms with E-state index in [1.54, 1.807) is 0 Å². The van der Waals surface area contributed by atoms with E-state index in [9.17, 15) is 13.9 Å². The first-order valence-electron chi connectivity index (χ1n) is 4.61. The van der Waals surface area contributed by atoms with Gasteiger partial charge in [0.1, 0.15) is 6.10 Å². The average molecular weight is 306 g/mol. The van der Waals surface area contributed by atoms with Crippen LogP contribution in [0.3, 0.4) is 0 Å². The first-order valence-corrected chi connectivity index (χ1v) is 5.85. The number of rotatable bonds is 6. The summed E-state index contributed by atoms with van der Waals surface area (Å²) in [4.78, 5) is 0. The van der Waals surface area contributed by atoms with Crippen molar-refractivity contribution in [3.05, 3.63) is 0 Å². The van der Waals surface area contributed by atoms with Gasteiger partial charge >= 0.3 is 0 Å². The summed E-state index contributed by atoms with van der Waals surface area (Å²) in [6.45, 7) is 3.89. The summed E-state index contributed by atoms with van der Waals surface area (Å²) in [6, 6.07) is 0. The van der Waals surface area contributed by atoms with Crippen molar-refractivity contribution in [2.24, 2.45) is 5.92 Å². The van der Waals surface area contributed by atoms with E-state index in [0.717, 1.165) is 12.8 Å². The minimum atomic E-state index is -2.61. The van der Waals surface area contributed by atoms with E-state index >= 15 is 0 Å². The molecule has 80 valence electrons. The Kier molecular flexibility index (Phi) is 7.22. The van der Waals surface area contributed by atoms with Crippen molar-refractivity contribution in [3.63, 3.8) is 0 Å². The second-order valence-corrected chi connectivity index (χ2v) is 5.27. The van der Waals surface area contributed by atoms with Gasteiger partial charge < -0.3 is 5.11 Å². The Morgan fingerprint density at radius 3 is 2.23 bits per heavy atom. The Labute approximate surface area is 92.0 Å². The molecule has 0 saturated heterocycles. The molecule has 0 rings (SSSR count). The molecule has 0 fully saturated rings. The first-order chi connectivity index (χ1) is 6.00. The number of hydrogen-bond donors (Lipinski definition) is 1. The summed E-state index contributed by atoms with van der Waals surface area (Å²) in [5.74, 6) is -0.277. The molecule has 0 spiro atoms. The zero-order valence-corrected chi connectivity index (χ0v) is 10.2. The van der Waals surface area contributed by atoms with Gasteiger partial charge in [0.25, 0.3) is 6.43 Å². The van der Waals surface area contributed by atoms with E-state index in [4.69, 9.17) is 0 Å². The highest BCUT2D eigenvalue weighted by Crippen LogP contribution is 2.26. The van der Waals surface area contributed by atoms with Gasteiger partial charge in [0.2, 0.25) is 0 Å². The minimum absolute atomic E-state index is 0.0909. The zero-order chi connectivity index (χ0) is 10.4. The van der Waals surface area contributed by atoms with Gasteiger partial charge in [-0.05, 0) is 6.42 Å². The highest BCUT2D eigenvalue weighted by Gasteiger charge is 2.29. The maximum Gasteiger partial charge on any atom is 0.264 e. The summed E-state index contributed by atoms with van der Waals surface area (Å²) in [7, 11) is 0. The lowest BCUT2D eigenvalue weighted by molar-refractivity contribution is -0.0395. The van der Waals surface area contributed by atoms with Crippen LogP contribution in [0.2, 0.25) is 0 Å². The third kappa shape index (κ3) is 5.10. The normalized spacial score (nSPS) is 18.7. The van der Waals surface area contributed by atoms with Crippen molar-refractivity contribution in [2.45, 2.75) is 49.6 Å². The van der Waals surface area contributed by atoms with Crippen LogP contribution in [0.1, 0.15) is 33.1 Å². The lowest BCUT2D eigenvalue weighted by atomic mass is 9.93. The number of aliphatic hydroxyl groups excluding tert-OH is 1. The van der Waals surface area contributed by atoms with Crippen LogP contribution in [0.4, 0.5) is 8.78 Å². The van der Waals surface area contributed by atoms with Crippen LogP contribution in [-0.4, -0.2) is 21.6 Å². The van der Waals surface area contributed by atoms with Gasteiger partial charge in [0, 0.05) is 9.84 Å². The summed E-state index contributed by atoms with van der Waals surface area (Å²) in [6.07, 6.45) is -1.50. The molecule has 0 bridgehead atoms. The van der Waals surface area contributed by atoms with Gasteiger partial charge in [-0.3, -0.25) is 0 Å². The molecule has 0 aromatic carbocycles. The van der Waals surface area contributed by atoms with Crippen LogP contribution in [0.5, 0.6) is 0 Å². The zero-order valence-electron chi connectivity index (χ0n) is 8.01. The molecule has 0 aliphatic rings. The first kappa shape index (κ1) is 13.5. The molecule has 0 aliphatic heterocycles. The molecule has 0 unspecified atom stereocenters. The van der Waals surface area contributed by atoms with Crippen molar-refractivity contribution in [1.29, 1.82) is 0 Å². The maximum absolute atomic E-state index is 12.2. The quantitative estimate of drug-likeness (QED) is 0.590. The van der Waals surface area contributed by atoms with E-state index in [1.165, 1.54) is 0 Å². The minimum Gasteiger partial charge on any atom is -0.387 e. The third-order valence-electron chi connectivity index (χ3n) is 2.18. The van der Waals surface area contributed by atoms with Crippen LogP contribution in [0.15, 0.2) is 0 Å². The molecule has 0 aliphatic carbocycles. The fourth-order valence-electron chi connectivity index (χ4n) is 1.30. The molecule has 1 N–H and O–H groups in total. The molecule has 0 heterocycles. The summed E-state index contributed by atoms with van der Waals surface area (Å²) in [5.41, 5.74) is 0. The van der Waals surface area contributed by atoms with Crippen LogP contribution in [0, 0.1) is 5.92 Å². The molecular weight excluding hydrogens is 289 g/mol. The molecule has 13 heavy (non-hydrogen) atoms. The van der Waals surface area contributed by atoms with E-state index in [0.29, 0.717) is 6.42 Å². The van der Waals surface area contributed by atoms with Gasteiger partial charge in [-0.15, -0.1) is 0 Å². The van der Waals surface area contributed by atoms with Gasteiger partial charge in [-0.25, -0.2) is 8.78 Å². The van der Waals surface area contributed by atoms with Gasteiger partial charge in [-0.2, -0.15) is 0 Å². The Morgan fingerprint density at radius 2 is 1.92 bits per heavy atom. The van der Waals surface area contributed by atoms with Crippen LogP contribution >= 0.6 is 22.6 Å². The predicted octanol–water partition coefficient (Wildman–Crippen LogP) is 3.24.